The van der Waals surface area contributed by atoms with E-state index in [1.54, 1.807) is 4.68 Å². The van der Waals surface area contributed by atoms with Crippen LogP contribution in [0.2, 0.25) is 0 Å². The molecule has 0 bridgehead atoms. The fourth-order valence-corrected chi connectivity index (χ4v) is 1.66. The van der Waals surface area contributed by atoms with Crippen molar-refractivity contribution in [2.45, 2.75) is 53.0 Å². The van der Waals surface area contributed by atoms with E-state index in [0.717, 1.165) is 30.5 Å². The highest BCUT2D eigenvalue weighted by molar-refractivity contribution is 5.31. The van der Waals surface area contributed by atoms with Crippen LogP contribution < -0.4 is 0 Å². The number of aromatic hydroxyl groups is 1. The number of rotatable bonds is 4. The van der Waals surface area contributed by atoms with Gasteiger partial charge in [0.25, 0.3) is 0 Å². The van der Waals surface area contributed by atoms with Gasteiger partial charge >= 0.3 is 0 Å². The molecule has 1 aromatic rings. The molecular weight excluding hydrogens is 176 g/mol. The summed E-state index contributed by atoms with van der Waals surface area (Å²) in [6, 6.07) is 0.228. The van der Waals surface area contributed by atoms with Crippen molar-refractivity contribution in [1.29, 1.82) is 0 Å². The Bertz CT molecular complexity index is 302. The quantitative estimate of drug-likeness (QED) is 0.804. The minimum atomic E-state index is 0.228. The molecule has 0 unspecified atom stereocenters. The average Bonchev–Trinajstić information content (AvgIpc) is 2.45. The van der Waals surface area contributed by atoms with E-state index in [0.29, 0.717) is 5.88 Å². The summed E-state index contributed by atoms with van der Waals surface area (Å²) in [7, 11) is 0. The van der Waals surface area contributed by atoms with Crippen LogP contribution in [0.5, 0.6) is 5.88 Å². The highest BCUT2D eigenvalue weighted by Gasteiger charge is 2.16. The molecule has 0 radical (unpaired) electrons. The zero-order valence-electron chi connectivity index (χ0n) is 9.54. The predicted octanol–water partition coefficient (Wildman–Crippen LogP) is 2.68. The molecule has 1 aromatic heterocycles. The van der Waals surface area contributed by atoms with Crippen molar-refractivity contribution in [2.75, 3.05) is 0 Å². The van der Waals surface area contributed by atoms with Crippen LogP contribution in [0, 0.1) is 0 Å². The van der Waals surface area contributed by atoms with Crippen LogP contribution in [0.4, 0.5) is 0 Å². The highest BCUT2D eigenvalue weighted by atomic mass is 16.3. The smallest absolute Gasteiger partial charge is 0.213 e. The summed E-state index contributed by atoms with van der Waals surface area (Å²) >= 11 is 0. The molecule has 0 aromatic carbocycles. The van der Waals surface area contributed by atoms with Crippen molar-refractivity contribution < 1.29 is 5.11 Å². The molecule has 80 valence electrons. The van der Waals surface area contributed by atoms with Crippen molar-refractivity contribution in [3.8, 4) is 5.88 Å². The van der Waals surface area contributed by atoms with Gasteiger partial charge in [0.05, 0.1) is 11.7 Å². The maximum Gasteiger partial charge on any atom is 0.213 e. The first-order valence-corrected chi connectivity index (χ1v) is 5.41. The maximum absolute atomic E-state index is 9.94. The van der Waals surface area contributed by atoms with E-state index in [-0.39, 0.29) is 6.04 Å². The van der Waals surface area contributed by atoms with Gasteiger partial charge in [0.1, 0.15) is 0 Å². The van der Waals surface area contributed by atoms with E-state index in [1.807, 2.05) is 13.8 Å². The Balaban J connectivity index is 3.11. The van der Waals surface area contributed by atoms with Crippen LogP contribution >= 0.6 is 0 Å². The minimum absolute atomic E-state index is 0.228. The molecule has 14 heavy (non-hydrogen) atoms. The Morgan fingerprint density at radius 2 is 2.00 bits per heavy atom. The van der Waals surface area contributed by atoms with Crippen molar-refractivity contribution in [2.24, 2.45) is 0 Å². The third-order valence-corrected chi connectivity index (χ3v) is 2.39. The Morgan fingerprint density at radius 1 is 1.36 bits per heavy atom. The number of nitrogens with zero attached hydrogens (tertiary/aromatic N) is 2. The summed E-state index contributed by atoms with van der Waals surface area (Å²) in [6.45, 7) is 8.25. The van der Waals surface area contributed by atoms with Crippen LogP contribution in [0.3, 0.4) is 0 Å². The maximum atomic E-state index is 9.94. The van der Waals surface area contributed by atoms with Gasteiger partial charge < -0.3 is 5.11 Å². The lowest BCUT2D eigenvalue weighted by Gasteiger charge is -2.06. The van der Waals surface area contributed by atoms with Crippen molar-refractivity contribution in [1.82, 2.24) is 9.78 Å². The Kier molecular flexibility index (Phi) is 3.55. The topological polar surface area (TPSA) is 38.0 Å². The first-order valence-electron chi connectivity index (χ1n) is 5.41. The Hall–Kier alpha value is -0.990. The first kappa shape index (κ1) is 11.1. The molecule has 3 nitrogen and oxygen atoms in total. The summed E-state index contributed by atoms with van der Waals surface area (Å²) in [4.78, 5) is 0. The minimum Gasteiger partial charge on any atom is -0.493 e. The second kappa shape index (κ2) is 4.49. The van der Waals surface area contributed by atoms with Gasteiger partial charge in [-0.15, -0.1) is 0 Å². The SMILES string of the molecule is CCCc1c(CC)nn(C(C)C)c1O. The zero-order chi connectivity index (χ0) is 10.7. The summed E-state index contributed by atoms with van der Waals surface area (Å²) in [5.74, 6) is 0.360. The van der Waals surface area contributed by atoms with Crippen LogP contribution in [-0.4, -0.2) is 14.9 Å². The summed E-state index contributed by atoms with van der Waals surface area (Å²) in [5.41, 5.74) is 2.07. The molecule has 1 heterocycles. The molecule has 0 aliphatic carbocycles. The highest BCUT2D eigenvalue weighted by Crippen LogP contribution is 2.26. The molecule has 0 atom stereocenters. The summed E-state index contributed by atoms with van der Waals surface area (Å²) in [5, 5.41) is 14.4. The molecule has 1 rings (SSSR count). The average molecular weight is 196 g/mol. The number of hydrogen-bond acceptors (Lipinski definition) is 2. The largest absolute Gasteiger partial charge is 0.493 e. The molecule has 0 fully saturated rings. The van der Waals surface area contributed by atoms with Gasteiger partial charge in [-0.2, -0.15) is 5.10 Å². The normalized spacial score (nSPS) is 11.2. The van der Waals surface area contributed by atoms with Crippen LogP contribution in [-0.2, 0) is 12.8 Å². The van der Waals surface area contributed by atoms with E-state index in [2.05, 4.69) is 18.9 Å². The van der Waals surface area contributed by atoms with E-state index in [1.165, 1.54) is 0 Å². The van der Waals surface area contributed by atoms with Gasteiger partial charge in [-0.25, -0.2) is 4.68 Å². The van der Waals surface area contributed by atoms with E-state index in [4.69, 9.17) is 0 Å². The van der Waals surface area contributed by atoms with Crippen molar-refractivity contribution >= 4 is 0 Å². The molecule has 1 N–H and O–H groups in total. The predicted molar refractivity (Wildman–Crippen MR) is 57.6 cm³/mol. The van der Waals surface area contributed by atoms with Gasteiger partial charge in [0, 0.05) is 5.56 Å². The molecule has 0 saturated heterocycles. The molecule has 0 aliphatic heterocycles. The zero-order valence-corrected chi connectivity index (χ0v) is 9.54. The molecular formula is C11H20N2O. The van der Waals surface area contributed by atoms with Crippen molar-refractivity contribution in [3.63, 3.8) is 0 Å². The number of hydrogen-bond donors (Lipinski definition) is 1. The fourth-order valence-electron chi connectivity index (χ4n) is 1.66. The van der Waals surface area contributed by atoms with E-state index >= 15 is 0 Å². The van der Waals surface area contributed by atoms with Gasteiger partial charge in [0.15, 0.2) is 0 Å². The number of aryl methyl sites for hydroxylation is 1. The third kappa shape index (κ3) is 1.91. The summed E-state index contributed by atoms with van der Waals surface area (Å²) < 4.78 is 1.71. The van der Waals surface area contributed by atoms with Crippen LogP contribution in [0.1, 0.15) is 51.4 Å². The molecule has 0 aliphatic rings. The van der Waals surface area contributed by atoms with Crippen LogP contribution in [0.25, 0.3) is 0 Å². The summed E-state index contributed by atoms with van der Waals surface area (Å²) in [6.07, 6.45) is 2.86. The number of aromatic nitrogens is 2. The van der Waals surface area contributed by atoms with E-state index < -0.39 is 0 Å². The lowest BCUT2D eigenvalue weighted by molar-refractivity contribution is 0.373. The van der Waals surface area contributed by atoms with Gasteiger partial charge in [-0.05, 0) is 26.7 Å². The fraction of sp³-hybridized carbons (Fsp3) is 0.727. The second-order valence-electron chi connectivity index (χ2n) is 3.89. The molecule has 0 spiro atoms. The van der Waals surface area contributed by atoms with Gasteiger partial charge in [-0.1, -0.05) is 20.3 Å². The lowest BCUT2D eigenvalue weighted by atomic mass is 10.1. The van der Waals surface area contributed by atoms with E-state index in [9.17, 15) is 5.11 Å². The van der Waals surface area contributed by atoms with Crippen molar-refractivity contribution in [3.05, 3.63) is 11.3 Å². The monoisotopic (exact) mass is 196 g/mol. The van der Waals surface area contributed by atoms with Gasteiger partial charge in [-0.3, -0.25) is 0 Å². The molecule has 0 saturated carbocycles. The lowest BCUT2D eigenvalue weighted by Crippen LogP contribution is -2.02. The first-order chi connectivity index (χ1) is 6.61. The molecule has 0 amide bonds. The molecule has 3 heteroatoms. The third-order valence-electron chi connectivity index (χ3n) is 2.39. The Labute approximate surface area is 85.8 Å². The second-order valence-corrected chi connectivity index (χ2v) is 3.89. The standard InChI is InChI=1S/C11H20N2O/c1-5-7-9-10(6-2)12-13(8(3)4)11(9)14/h8,14H,5-7H2,1-4H3. The Morgan fingerprint density at radius 3 is 2.43 bits per heavy atom. The van der Waals surface area contributed by atoms with Crippen LogP contribution in [0.15, 0.2) is 0 Å². The van der Waals surface area contributed by atoms with Gasteiger partial charge in [0.2, 0.25) is 5.88 Å².